The van der Waals surface area contributed by atoms with Crippen LogP contribution in [-0.4, -0.2) is 10.9 Å². The maximum absolute atomic E-state index is 11.6. The summed E-state index contributed by atoms with van der Waals surface area (Å²) in [5, 5.41) is 2.64. The highest BCUT2D eigenvalue weighted by atomic mass is 16.1. The van der Waals surface area contributed by atoms with E-state index in [1.165, 1.54) is 12.2 Å². The van der Waals surface area contributed by atoms with Crippen molar-refractivity contribution in [1.82, 2.24) is 4.98 Å². The number of aromatic nitrogens is 1. The van der Waals surface area contributed by atoms with Crippen molar-refractivity contribution in [2.75, 3.05) is 5.32 Å². The number of hydrogen-bond acceptors (Lipinski definition) is 2. The van der Waals surface area contributed by atoms with Crippen LogP contribution in [0, 0.1) is 0 Å². The summed E-state index contributed by atoms with van der Waals surface area (Å²) < 4.78 is 0. The van der Waals surface area contributed by atoms with Gasteiger partial charge in [0.25, 0.3) is 5.91 Å². The third kappa shape index (κ3) is 3.23. The van der Waals surface area contributed by atoms with E-state index < -0.39 is 0 Å². The molecule has 1 N–H and O–H groups in total. The van der Waals surface area contributed by atoms with E-state index in [1.807, 2.05) is 0 Å². The standard InChI is InChI=1S/C12H12N2O/c1-3-7-10(4-2)12(15)14-11-8-5-6-9-13-11/h3-9H,1-2H2,(H,13,14,15)/b10-7+. The number of allylic oxidation sites excluding steroid dienone is 2. The van der Waals surface area contributed by atoms with Gasteiger partial charge in [0.1, 0.15) is 5.82 Å². The van der Waals surface area contributed by atoms with Crippen molar-refractivity contribution in [3.63, 3.8) is 0 Å². The third-order valence-corrected chi connectivity index (χ3v) is 1.69. The van der Waals surface area contributed by atoms with Gasteiger partial charge in [-0.1, -0.05) is 37.5 Å². The van der Waals surface area contributed by atoms with Crippen LogP contribution in [0.1, 0.15) is 0 Å². The molecule has 0 atom stereocenters. The van der Waals surface area contributed by atoms with Crippen LogP contribution in [0.25, 0.3) is 0 Å². The highest BCUT2D eigenvalue weighted by Crippen LogP contribution is 2.04. The summed E-state index contributed by atoms with van der Waals surface area (Å²) in [5.74, 6) is 0.267. The molecule has 1 aromatic heterocycles. The second-order valence-corrected chi connectivity index (χ2v) is 2.73. The molecule has 0 bridgehead atoms. The second-order valence-electron chi connectivity index (χ2n) is 2.73. The molecule has 0 aliphatic heterocycles. The summed E-state index contributed by atoms with van der Waals surface area (Å²) >= 11 is 0. The van der Waals surface area contributed by atoms with Crippen molar-refractivity contribution in [2.45, 2.75) is 0 Å². The Bertz CT molecular complexity index is 393. The number of hydrogen-bond donors (Lipinski definition) is 1. The van der Waals surface area contributed by atoms with Gasteiger partial charge in [0.15, 0.2) is 0 Å². The zero-order valence-corrected chi connectivity index (χ0v) is 8.31. The average Bonchev–Trinajstić information content (AvgIpc) is 2.27. The van der Waals surface area contributed by atoms with E-state index in [9.17, 15) is 4.79 Å². The van der Waals surface area contributed by atoms with Crippen LogP contribution in [-0.2, 0) is 4.79 Å². The first-order valence-electron chi connectivity index (χ1n) is 4.45. The molecule has 3 nitrogen and oxygen atoms in total. The molecule has 0 aliphatic rings. The maximum atomic E-state index is 11.6. The molecule has 15 heavy (non-hydrogen) atoms. The van der Waals surface area contributed by atoms with Crippen molar-refractivity contribution < 1.29 is 4.79 Å². The van der Waals surface area contributed by atoms with E-state index in [2.05, 4.69) is 23.5 Å². The molecule has 0 radical (unpaired) electrons. The number of carbonyl (C=O) groups is 1. The van der Waals surface area contributed by atoms with Crippen molar-refractivity contribution in [3.05, 3.63) is 61.4 Å². The zero-order valence-electron chi connectivity index (χ0n) is 8.31. The minimum atomic E-state index is -0.247. The fourth-order valence-corrected chi connectivity index (χ4v) is 0.989. The summed E-state index contributed by atoms with van der Waals surface area (Å²) in [6.07, 6.45) is 6.21. The van der Waals surface area contributed by atoms with Crippen LogP contribution < -0.4 is 5.32 Å². The van der Waals surface area contributed by atoms with E-state index in [4.69, 9.17) is 0 Å². The Hall–Kier alpha value is -2.16. The summed E-state index contributed by atoms with van der Waals surface area (Å²) in [6, 6.07) is 5.30. The van der Waals surface area contributed by atoms with Gasteiger partial charge in [0, 0.05) is 11.8 Å². The third-order valence-electron chi connectivity index (χ3n) is 1.69. The fraction of sp³-hybridized carbons (Fsp3) is 0. The van der Waals surface area contributed by atoms with Crippen molar-refractivity contribution in [2.24, 2.45) is 0 Å². The van der Waals surface area contributed by atoms with Gasteiger partial charge in [-0.25, -0.2) is 4.98 Å². The van der Waals surface area contributed by atoms with Gasteiger partial charge < -0.3 is 5.32 Å². The highest BCUT2D eigenvalue weighted by Gasteiger charge is 2.05. The number of pyridine rings is 1. The van der Waals surface area contributed by atoms with Crippen LogP contribution in [0.2, 0.25) is 0 Å². The second kappa shape index (κ2) is 5.54. The largest absolute Gasteiger partial charge is 0.307 e. The molecule has 1 heterocycles. The lowest BCUT2D eigenvalue weighted by atomic mass is 10.2. The molecule has 0 unspecified atom stereocenters. The molecule has 0 aliphatic carbocycles. The first kappa shape index (κ1) is 10.9. The Kier molecular flexibility index (Phi) is 4.04. The van der Waals surface area contributed by atoms with Crippen LogP contribution in [0.4, 0.5) is 5.82 Å². The highest BCUT2D eigenvalue weighted by molar-refractivity contribution is 6.05. The molecular formula is C12H12N2O. The predicted octanol–water partition coefficient (Wildman–Crippen LogP) is 2.32. The van der Waals surface area contributed by atoms with Gasteiger partial charge in [0.2, 0.25) is 0 Å². The molecule has 1 aromatic rings. The normalized spacial score (nSPS) is 10.5. The molecule has 0 spiro atoms. The number of nitrogens with one attached hydrogen (secondary N) is 1. The molecule has 76 valence electrons. The molecular weight excluding hydrogens is 188 g/mol. The zero-order chi connectivity index (χ0) is 11.1. The van der Waals surface area contributed by atoms with Gasteiger partial charge in [-0.05, 0) is 12.1 Å². The first-order chi connectivity index (χ1) is 7.27. The number of carbonyl (C=O) groups excluding carboxylic acids is 1. The number of nitrogens with zero attached hydrogens (tertiary/aromatic N) is 1. The lowest BCUT2D eigenvalue weighted by Gasteiger charge is -2.03. The van der Waals surface area contributed by atoms with Gasteiger partial charge in [-0.2, -0.15) is 0 Å². The quantitative estimate of drug-likeness (QED) is 0.598. The van der Waals surface area contributed by atoms with Crippen molar-refractivity contribution in [3.8, 4) is 0 Å². The minimum absolute atomic E-state index is 0.247. The Morgan fingerprint density at radius 3 is 2.73 bits per heavy atom. The molecule has 1 amide bonds. The van der Waals surface area contributed by atoms with E-state index >= 15 is 0 Å². The van der Waals surface area contributed by atoms with Crippen LogP contribution in [0.5, 0.6) is 0 Å². The van der Waals surface area contributed by atoms with E-state index in [1.54, 1.807) is 30.5 Å². The number of rotatable bonds is 4. The van der Waals surface area contributed by atoms with Gasteiger partial charge in [-0.15, -0.1) is 0 Å². The van der Waals surface area contributed by atoms with Gasteiger partial charge in [-0.3, -0.25) is 4.79 Å². The fourth-order valence-electron chi connectivity index (χ4n) is 0.989. The van der Waals surface area contributed by atoms with Gasteiger partial charge in [0.05, 0.1) is 0 Å². The number of anilines is 1. The predicted molar refractivity (Wildman–Crippen MR) is 61.3 cm³/mol. The smallest absolute Gasteiger partial charge is 0.256 e. The lowest BCUT2D eigenvalue weighted by Crippen LogP contribution is -2.13. The summed E-state index contributed by atoms with van der Waals surface area (Å²) in [6.45, 7) is 7.06. The van der Waals surface area contributed by atoms with Crippen LogP contribution >= 0.6 is 0 Å². The molecule has 0 saturated carbocycles. The Morgan fingerprint density at radius 2 is 2.20 bits per heavy atom. The Labute approximate surface area is 88.8 Å². The molecule has 0 saturated heterocycles. The summed E-state index contributed by atoms with van der Waals surface area (Å²) in [4.78, 5) is 15.6. The minimum Gasteiger partial charge on any atom is -0.307 e. The van der Waals surface area contributed by atoms with E-state index in [-0.39, 0.29) is 5.91 Å². The van der Waals surface area contributed by atoms with Crippen molar-refractivity contribution >= 4 is 11.7 Å². The maximum Gasteiger partial charge on any atom is 0.256 e. The van der Waals surface area contributed by atoms with Crippen LogP contribution in [0.15, 0.2) is 61.4 Å². The average molecular weight is 200 g/mol. The molecule has 0 fully saturated rings. The van der Waals surface area contributed by atoms with Gasteiger partial charge >= 0.3 is 0 Å². The van der Waals surface area contributed by atoms with Crippen LogP contribution in [0.3, 0.4) is 0 Å². The topological polar surface area (TPSA) is 42.0 Å². The Morgan fingerprint density at radius 1 is 1.40 bits per heavy atom. The first-order valence-corrected chi connectivity index (χ1v) is 4.45. The SMILES string of the molecule is C=C/C=C(\C=C)C(=O)Nc1ccccn1. The Balaban J connectivity index is 2.75. The number of amides is 1. The monoisotopic (exact) mass is 200 g/mol. The molecule has 0 aromatic carbocycles. The van der Waals surface area contributed by atoms with E-state index in [0.717, 1.165) is 0 Å². The molecule has 3 heteroatoms. The summed E-state index contributed by atoms with van der Waals surface area (Å²) in [7, 11) is 0. The van der Waals surface area contributed by atoms with E-state index in [0.29, 0.717) is 11.4 Å². The lowest BCUT2D eigenvalue weighted by molar-refractivity contribution is -0.112. The molecule has 1 rings (SSSR count). The van der Waals surface area contributed by atoms with Crippen molar-refractivity contribution in [1.29, 1.82) is 0 Å². The summed E-state index contributed by atoms with van der Waals surface area (Å²) in [5.41, 5.74) is 0.454.